The summed E-state index contributed by atoms with van der Waals surface area (Å²) < 4.78 is 0. The molecule has 0 spiro atoms. The Hall–Kier alpha value is -1.82. The number of hydrogen-bond acceptors (Lipinski definition) is 0. The van der Waals surface area contributed by atoms with Crippen LogP contribution in [0.25, 0.3) is 12.2 Å². The fourth-order valence-corrected chi connectivity index (χ4v) is 2.30. The van der Waals surface area contributed by atoms with Gasteiger partial charge in [0.15, 0.2) is 0 Å². The molecular formula is C16H14. The van der Waals surface area contributed by atoms with E-state index in [0.717, 1.165) is 12.8 Å². The molecule has 1 aliphatic rings. The number of hydrogen-bond donors (Lipinski definition) is 0. The Kier molecular flexibility index (Phi) is 2.34. The van der Waals surface area contributed by atoms with Crippen LogP contribution in [0.2, 0.25) is 0 Å². The maximum absolute atomic E-state index is 2.23. The van der Waals surface area contributed by atoms with Gasteiger partial charge in [-0.3, -0.25) is 0 Å². The summed E-state index contributed by atoms with van der Waals surface area (Å²) in [7, 11) is 0. The van der Waals surface area contributed by atoms with E-state index in [9.17, 15) is 0 Å². The largest absolute Gasteiger partial charge is 0.0620 e. The van der Waals surface area contributed by atoms with E-state index in [0.29, 0.717) is 0 Å². The highest BCUT2D eigenvalue weighted by Gasteiger charge is 2.05. The van der Waals surface area contributed by atoms with Crippen molar-refractivity contribution in [1.82, 2.24) is 0 Å². The lowest BCUT2D eigenvalue weighted by molar-refractivity contribution is 0.952. The van der Waals surface area contributed by atoms with Crippen LogP contribution in [0, 0.1) is 0 Å². The fourth-order valence-electron chi connectivity index (χ4n) is 2.30. The Morgan fingerprint density at radius 3 is 1.50 bits per heavy atom. The molecule has 0 amide bonds. The minimum atomic E-state index is 1.14. The molecule has 0 heteroatoms. The van der Waals surface area contributed by atoms with Crippen molar-refractivity contribution in [3.63, 3.8) is 0 Å². The molecule has 2 aromatic rings. The molecule has 0 heterocycles. The van der Waals surface area contributed by atoms with E-state index in [-0.39, 0.29) is 0 Å². The van der Waals surface area contributed by atoms with Gasteiger partial charge in [-0.2, -0.15) is 0 Å². The molecule has 0 saturated heterocycles. The van der Waals surface area contributed by atoms with Gasteiger partial charge in [0, 0.05) is 0 Å². The van der Waals surface area contributed by atoms with Crippen LogP contribution in [0.1, 0.15) is 22.3 Å². The fraction of sp³-hybridized carbons (Fsp3) is 0.125. The monoisotopic (exact) mass is 206 g/mol. The molecule has 78 valence electrons. The van der Waals surface area contributed by atoms with E-state index >= 15 is 0 Å². The van der Waals surface area contributed by atoms with E-state index < -0.39 is 0 Å². The van der Waals surface area contributed by atoms with Crippen LogP contribution < -0.4 is 0 Å². The molecule has 2 aromatic carbocycles. The predicted octanol–water partition coefficient (Wildman–Crippen LogP) is 3.96. The van der Waals surface area contributed by atoms with E-state index in [1.807, 2.05) is 0 Å². The molecule has 0 N–H and O–H groups in total. The SMILES string of the molecule is C1=C\c2ccccc2CCc2ccccc2/1. The van der Waals surface area contributed by atoms with Gasteiger partial charge in [0.05, 0.1) is 0 Å². The summed E-state index contributed by atoms with van der Waals surface area (Å²) in [6.07, 6.45) is 6.73. The van der Waals surface area contributed by atoms with Crippen molar-refractivity contribution in [2.75, 3.05) is 0 Å². The number of rotatable bonds is 0. The lowest BCUT2D eigenvalue weighted by atomic mass is 9.93. The normalized spacial score (nSPS) is 15.5. The highest BCUT2D eigenvalue weighted by atomic mass is 14.1. The Balaban J connectivity index is 2.10. The van der Waals surface area contributed by atoms with Crippen molar-refractivity contribution in [2.45, 2.75) is 12.8 Å². The minimum absolute atomic E-state index is 1.14. The average Bonchev–Trinajstić information content (AvgIpc) is 2.32. The van der Waals surface area contributed by atoms with Gasteiger partial charge in [-0.1, -0.05) is 60.7 Å². The van der Waals surface area contributed by atoms with Crippen LogP contribution in [0.4, 0.5) is 0 Å². The van der Waals surface area contributed by atoms with E-state index in [2.05, 4.69) is 60.7 Å². The smallest absolute Gasteiger partial charge is 0.0224 e. The van der Waals surface area contributed by atoms with Crippen molar-refractivity contribution in [3.05, 3.63) is 70.8 Å². The van der Waals surface area contributed by atoms with Crippen molar-refractivity contribution in [2.24, 2.45) is 0 Å². The number of benzene rings is 2. The molecule has 0 radical (unpaired) electrons. The molecule has 1 aliphatic carbocycles. The topological polar surface area (TPSA) is 0 Å². The van der Waals surface area contributed by atoms with Gasteiger partial charge in [-0.15, -0.1) is 0 Å². The van der Waals surface area contributed by atoms with E-state index in [4.69, 9.17) is 0 Å². The summed E-state index contributed by atoms with van der Waals surface area (Å²) in [6.45, 7) is 0. The Morgan fingerprint density at radius 2 is 1.00 bits per heavy atom. The summed E-state index contributed by atoms with van der Waals surface area (Å²) in [5, 5.41) is 0. The third-order valence-corrected chi connectivity index (χ3v) is 3.22. The molecule has 0 atom stereocenters. The molecule has 16 heavy (non-hydrogen) atoms. The second-order valence-corrected chi connectivity index (χ2v) is 4.23. The highest BCUT2D eigenvalue weighted by Crippen LogP contribution is 2.21. The zero-order valence-electron chi connectivity index (χ0n) is 9.19. The second kappa shape index (κ2) is 3.97. The molecule has 0 unspecified atom stereocenters. The second-order valence-electron chi connectivity index (χ2n) is 4.23. The van der Waals surface area contributed by atoms with Crippen molar-refractivity contribution < 1.29 is 0 Å². The summed E-state index contributed by atoms with van der Waals surface area (Å²) in [5.74, 6) is 0. The zero-order valence-corrected chi connectivity index (χ0v) is 9.19. The van der Waals surface area contributed by atoms with Gasteiger partial charge in [0.1, 0.15) is 0 Å². The van der Waals surface area contributed by atoms with Gasteiger partial charge in [0.2, 0.25) is 0 Å². The van der Waals surface area contributed by atoms with Gasteiger partial charge in [-0.25, -0.2) is 0 Å². The maximum atomic E-state index is 2.23. The van der Waals surface area contributed by atoms with Crippen LogP contribution in [-0.2, 0) is 12.8 Å². The predicted molar refractivity (Wildman–Crippen MR) is 69.2 cm³/mol. The number of fused-ring (bicyclic) bond motifs is 2. The quantitative estimate of drug-likeness (QED) is 0.612. The van der Waals surface area contributed by atoms with Gasteiger partial charge in [-0.05, 0) is 35.1 Å². The molecule has 0 nitrogen and oxygen atoms in total. The van der Waals surface area contributed by atoms with Crippen molar-refractivity contribution in [1.29, 1.82) is 0 Å². The van der Waals surface area contributed by atoms with Crippen LogP contribution in [0.15, 0.2) is 48.5 Å². The highest BCUT2D eigenvalue weighted by molar-refractivity contribution is 5.73. The molecule has 0 bridgehead atoms. The Bertz CT molecular complexity index is 486. The lowest BCUT2D eigenvalue weighted by Crippen LogP contribution is -1.98. The Morgan fingerprint density at radius 1 is 0.562 bits per heavy atom. The first-order valence-corrected chi connectivity index (χ1v) is 5.77. The number of aryl methyl sites for hydroxylation is 2. The van der Waals surface area contributed by atoms with Crippen molar-refractivity contribution >= 4 is 12.2 Å². The Labute approximate surface area is 96.3 Å². The lowest BCUT2D eigenvalue weighted by Gasteiger charge is -2.12. The van der Waals surface area contributed by atoms with Crippen LogP contribution in [-0.4, -0.2) is 0 Å². The molecular weight excluding hydrogens is 192 g/mol. The van der Waals surface area contributed by atoms with Gasteiger partial charge in [0.25, 0.3) is 0 Å². The summed E-state index contributed by atoms with van der Waals surface area (Å²) >= 11 is 0. The molecule has 0 fully saturated rings. The van der Waals surface area contributed by atoms with Crippen LogP contribution in [0.3, 0.4) is 0 Å². The van der Waals surface area contributed by atoms with Crippen molar-refractivity contribution in [3.8, 4) is 0 Å². The molecule has 0 saturated carbocycles. The average molecular weight is 206 g/mol. The van der Waals surface area contributed by atoms with E-state index in [1.165, 1.54) is 22.3 Å². The third-order valence-electron chi connectivity index (χ3n) is 3.22. The van der Waals surface area contributed by atoms with Gasteiger partial charge >= 0.3 is 0 Å². The third kappa shape index (κ3) is 1.67. The summed E-state index contributed by atoms with van der Waals surface area (Å²) in [5.41, 5.74) is 5.62. The first-order chi connectivity index (χ1) is 7.93. The summed E-state index contributed by atoms with van der Waals surface area (Å²) in [4.78, 5) is 0. The molecule has 3 rings (SSSR count). The minimum Gasteiger partial charge on any atom is -0.0620 e. The molecule has 0 aliphatic heterocycles. The van der Waals surface area contributed by atoms with Crippen LogP contribution in [0.5, 0.6) is 0 Å². The van der Waals surface area contributed by atoms with Gasteiger partial charge < -0.3 is 0 Å². The van der Waals surface area contributed by atoms with E-state index in [1.54, 1.807) is 0 Å². The molecule has 0 aromatic heterocycles. The summed E-state index contributed by atoms with van der Waals surface area (Å²) in [6, 6.07) is 17.3. The zero-order chi connectivity index (χ0) is 10.8. The first-order valence-electron chi connectivity index (χ1n) is 5.77. The standard InChI is InChI=1S/C16H14/c1-2-6-14-11-12-16-8-4-3-7-15(16)10-9-13(14)5-1/h1-10H,11-12H2/b10-9-. The van der Waals surface area contributed by atoms with Crippen LogP contribution >= 0.6 is 0 Å². The maximum Gasteiger partial charge on any atom is -0.0224 e. The first kappa shape index (κ1) is 9.41.